The molecule has 11 heteroatoms. The number of fused-ring (bicyclic) bond motifs is 5. The van der Waals surface area contributed by atoms with Crippen LogP contribution in [0.2, 0.25) is 0 Å². The second kappa shape index (κ2) is 14.0. The zero-order valence-corrected chi connectivity index (χ0v) is 28.8. The molecule has 12 atom stereocenters. The lowest BCUT2D eigenvalue weighted by Crippen LogP contribution is -2.63. The summed E-state index contributed by atoms with van der Waals surface area (Å²) < 4.78 is 10.2. The minimum atomic E-state index is -1.06. The molecule has 0 bridgehead atoms. The van der Waals surface area contributed by atoms with E-state index in [4.69, 9.17) is 9.47 Å². The van der Waals surface area contributed by atoms with Gasteiger partial charge in [0.25, 0.3) is 0 Å². The molecular formula is C35H58N2O9. The molecule has 5 N–H and O–H groups in total. The fourth-order valence-corrected chi connectivity index (χ4v) is 10.2. The maximum atomic E-state index is 13.4. The van der Waals surface area contributed by atoms with Gasteiger partial charge in [0.1, 0.15) is 11.6 Å². The van der Waals surface area contributed by atoms with Crippen LogP contribution >= 0.6 is 0 Å². The number of hydrogen-bond acceptors (Lipinski definition) is 8. The Labute approximate surface area is 273 Å². The molecule has 4 aliphatic carbocycles. The van der Waals surface area contributed by atoms with Crippen molar-refractivity contribution in [3.05, 3.63) is 0 Å². The van der Waals surface area contributed by atoms with Crippen molar-refractivity contribution in [2.24, 2.45) is 46.3 Å². The van der Waals surface area contributed by atoms with Crippen molar-refractivity contribution in [2.75, 3.05) is 7.11 Å². The van der Waals surface area contributed by atoms with E-state index in [1.165, 1.54) is 7.11 Å². The Bertz CT molecular complexity index is 1140. The van der Waals surface area contributed by atoms with Crippen LogP contribution in [0, 0.1) is 46.3 Å². The molecular weight excluding hydrogens is 592 g/mol. The number of methoxy groups -OCH3 is 1. The molecule has 0 heterocycles. The molecule has 262 valence electrons. The lowest BCUT2D eigenvalue weighted by molar-refractivity contribution is -0.202. The smallest absolute Gasteiger partial charge is 0.408 e. The maximum Gasteiger partial charge on any atom is 0.408 e. The fourth-order valence-electron chi connectivity index (χ4n) is 10.2. The van der Waals surface area contributed by atoms with Crippen LogP contribution in [0.4, 0.5) is 4.79 Å². The van der Waals surface area contributed by atoms with Gasteiger partial charge in [-0.3, -0.25) is 14.4 Å². The summed E-state index contributed by atoms with van der Waals surface area (Å²) in [4.78, 5) is 48.9. The highest BCUT2D eigenvalue weighted by molar-refractivity contribution is 5.86. The van der Waals surface area contributed by atoms with Crippen molar-refractivity contribution < 1.29 is 44.0 Å². The molecule has 11 nitrogen and oxygen atoms in total. The number of carboxylic acids is 1. The van der Waals surface area contributed by atoms with Gasteiger partial charge in [0.2, 0.25) is 5.91 Å². The van der Waals surface area contributed by atoms with E-state index < -0.39 is 41.8 Å². The van der Waals surface area contributed by atoms with Crippen LogP contribution in [-0.4, -0.2) is 76.3 Å². The summed E-state index contributed by atoms with van der Waals surface area (Å²) in [5, 5.41) is 38.5. The number of esters is 1. The zero-order valence-electron chi connectivity index (χ0n) is 28.8. The number of aliphatic hydroxyl groups is 2. The van der Waals surface area contributed by atoms with Gasteiger partial charge in [-0.25, -0.2) is 4.79 Å². The predicted octanol–water partition coefficient (Wildman–Crippen LogP) is 4.42. The lowest BCUT2D eigenvalue weighted by atomic mass is 9.43. The van der Waals surface area contributed by atoms with E-state index in [0.717, 1.165) is 32.1 Å². The Morgan fingerprint density at radius 1 is 0.957 bits per heavy atom. The summed E-state index contributed by atoms with van der Waals surface area (Å²) in [6, 6.07) is -1.22. The van der Waals surface area contributed by atoms with Crippen LogP contribution in [0.15, 0.2) is 0 Å². The van der Waals surface area contributed by atoms with E-state index in [1.807, 2.05) is 0 Å². The third-order valence-corrected chi connectivity index (χ3v) is 12.6. The third-order valence-electron chi connectivity index (χ3n) is 12.6. The Hall–Kier alpha value is -2.40. The summed E-state index contributed by atoms with van der Waals surface area (Å²) in [5.74, 6) is -0.575. The number of hydrogen-bond donors (Lipinski definition) is 5. The van der Waals surface area contributed by atoms with Gasteiger partial charge in [-0.2, -0.15) is 0 Å². The van der Waals surface area contributed by atoms with Gasteiger partial charge in [-0.05, 0) is 125 Å². The SMILES string of the molecule is COC(=O)CCC(C)[C@H]1CC[C@H]2[C@@H]3[C@H](O)C[C@@H]4C[C@@H](NC(=O)C(CCC(=O)O)NC(=O)OC(C)(C)C)CC[C@]4(C)[C@H]3C[C@H](O)[C@]12C. The van der Waals surface area contributed by atoms with E-state index in [-0.39, 0.29) is 71.2 Å². The van der Waals surface area contributed by atoms with Gasteiger partial charge in [-0.15, -0.1) is 0 Å². The highest BCUT2D eigenvalue weighted by atomic mass is 16.6. The standard InChI is InChI=1S/C35H58N2O9/c1-19(8-13-29(42)45-7)22-9-10-23-30-24(18-27(39)35(22,23)6)34(5)15-14-21(16-20(34)17-26(30)38)36-31(43)25(11-12-28(40)41)37-32(44)46-33(2,3)4/h19-27,30,38-39H,8-18H2,1-7H3,(H,36,43)(H,37,44)(H,40,41)/t19?,20-,21-,22+,23-,24-,25?,26+,27-,30-,34-,35+/m0/s1. The fraction of sp³-hybridized carbons (Fsp3) is 0.886. The van der Waals surface area contributed by atoms with Gasteiger partial charge < -0.3 is 35.4 Å². The second-order valence-corrected chi connectivity index (χ2v) is 16.3. The van der Waals surface area contributed by atoms with Gasteiger partial charge >= 0.3 is 18.0 Å². The van der Waals surface area contributed by atoms with Crippen LogP contribution in [0.5, 0.6) is 0 Å². The van der Waals surface area contributed by atoms with Crippen molar-refractivity contribution in [1.29, 1.82) is 0 Å². The average Bonchev–Trinajstić information content (AvgIpc) is 3.32. The highest BCUT2D eigenvalue weighted by Gasteiger charge is 2.65. The van der Waals surface area contributed by atoms with Crippen molar-refractivity contribution in [1.82, 2.24) is 10.6 Å². The monoisotopic (exact) mass is 650 g/mol. The molecule has 2 unspecified atom stereocenters. The molecule has 0 aliphatic heterocycles. The first-order valence-electron chi connectivity index (χ1n) is 17.3. The van der Waals surface area contributed by atoms with Crippen LogP contribution in [0.25, 0.3) is 0 Å². The molecule has 0 radical (unpaired) electrons. The molecule has 4 fully saturated rings. The quantitative estimate of drug-likeness (QED) is 0.215. The van der Waals surface area contributed by atoms with E-state index in [0.29, 0.717) is 25.7 Å². The molecule has 4 saturated carbocycles. The Morgan fingerprint density at radius 3 is 2.28 bits per heavy atom. The van der Waals surface area contributed by atoms with Gasteiger partial charge in [-0.1, -0.05) is 20.8 Å². The Morgan fingerprint density at radius 2 is 1.65 bits per heavy atom. The molecule has 0 saturated heterocycles. The summed E-state index contributed by atoms with van der Waals surface area (Å²) in [6.45, 7) is 11.8. The van der Waals surface area contributed by atoms with Crippen LogP contribution < -0.4 is 10.6 Å². The molecule has 0 aromatic rings. The number of rotatable bonds is 10. The number of amides is 2. The van der Waals surface area contributed by atoms with E-state index in [9.17, 15) is 34.5 Å². The summed E-state index contributed by atoms with van der Waals surface area (Å²) in [6.07, 6.45) is 4.42. The predicted molar refractivity (Wildman–Crippen MR) is 170 cm³/mol. The second-order valence-electron chi connectivity index (χ2n) is 16.3. The molecule has 2 amide bonds. The maximum absolute atomic E-state index is 13.4. The lowest BCUT2D eigenvalue weighted by Gasteiger charge is -2.63. The van der Waals surface area contributed by atoms with Crippen molar-refractivity contribution >= 4 is 23.9 Å². The number of aliphatic hydroxyl groups excluding tert-OH is 2. The molecule has 0 aromatic carbocycles. The van der Waals surface area contributed by atoms with Crippen LogP contribution in [-0.2, 0) is 23.9 Å². The van der Waals surface area contributed by atoms with Crippen molar-refractivity contribution in [2.45, 2.75) is 142 Å². The minimum Gasteiger partial charge on any atom is -0.481 e. The first kappa shape index (κ1) is 36.4. The Kier molecular flexibility index (Phi) is 11.1. The number of alkyl carbamates (subject to hydrolysis) is 1. The van der Waals surface area contributed by atoms with Crippen LogP contribution in [0.3, 0.4) is 0 Å². The van der Waals surface area contributed by atoms with Crippen LogP contribution in [0.1, 0.15) is 112 Å². The molecule has 0 spiro atoms. The first-order valence-corrected chi connectivity index (χ1v) is 17.3. The minimum absolute atomic E-state index is 0.0584. The summed E-state index contributed by atoms with van der Waals surface area (Å²) >= 11 is 0. The molecule has 0 aromatic heterocycles. The van der Waals surface area contributed by atoms with E-state index in [1.54, 1.807) is 20.8 Å². The Balaban J connectivity index is 1.44. The van der Waals surface area contributed by atoms with E-state index in [2.05, 4.69) is 31.4 Å². The number of aliphatic carboxylic acids is 1. The van der Waals surface area contributed by atoms with Gasteiger partial charge in [0.05, 0.1) is 19.3 Å². The summed E-state index contributed by atoms with van der Waals surface area (Å²) in [5.41, 5.74) is -1.19. The summed E-state index contributed by atoms with van der Waals surface area (Å²) in [7, 11) is 1.41. The van der Waals surface area contributed by atoms with Gasteiger partial charge in [0.15, 0.2) is 0 Å². The normalized spacial score (nSPS) is 38.3. The van der Waals surface area contributed by atoms with Crippen molar-refractivity contribution in [3.8, 4) is 0 Å². The topological polar surface area (TPSA) is 171 Å². The third kappa shape index (κ3) is 7.50. The number of nitrogens with one attached hydrogen (secondary N) is 2. The number of carboxylic acid groups (broad SMARTS) is 1. The number of ether oxygens (including phenoxy) is 2. The molecule has 46 heavy (non-hydrogen) atoms. The van der Waals surface area contributed by atoms with Gasteiger partial charge in [0, 0.05) is 18.9 Å². The first-order chi connectivity index (χ1) is 21.4. The number of carbonyl (C=O) groups excluding carboxylic acids is 3. The average molecular weight is 651 g/mol. The molecule has 4 aliphatic rings. The zero-order chi connectivity index (χ0) is 34.2. The molecule has 4 rings (SSSR count). The van der Waals surface area contributed by atoms with E-state index >= 15 is 0 Å². The van der Waals surface area contributed by atoms with Crippen molar-refractivity contribution in [3.63, 3.8) is 0 Å². The highest BCUT2D eigenvalue weighted by Crippen LogP contribution is 2.68. The largest absolute Gasteiger partial charge is 0.481 e. The number of carbonyl (C=O) groups is 4.